The molecule has 0 bridgehead atoms. The largest absolute Gasteiger partial charge is 0.352 e. The number of hydrogen-bond acceptors (Lipinski definition) is 3. The molecule has 1 saturated carbocycles. The number of carbonyl (C=O) groups is 2. The Morgan fingerprint density at radius 3 is 2.24 bits per heavy atom. The van der Waals surface area contributed by atoms with Gasteiger partial charge in [-0.1, -0.05) is 90.6 Å². The molecular formula is C30H32Cl2N2O2S. The third-order valence-corrected chi connectivity index (χ3v) is 8.39. The van der Waals surface area contributed by atoms with Gasteiger partial charge in [0.25, 0.3) is 0 Å². The molecule has 0 unspecified atom stereocenters. The number of carbonyl (C=O) groups excluding carboxylic acids is 2. The SMILES string of the molecule is O=C(NC1CCCC1)[C@H](Cc1ccccc1)N(Cc1ccc(Cl)c(Cl)c1)C(=O)CCSc1ccccc1. The average Bonchev–Trinajstić information content (AvgIpc) is 3.42. The highest BCUT2D eigenvalue weighted by Gasteiger charge is 2.32. The minimum absolute atomic E-state index is 0.0583. The molecule has 0 aromatic heterocycles. The van der Waals surface area contributed by atoms with E-state index in [9.17, 15) is 9.59 Å². The van der Waals surface area contributed by atoms with Crippen molar-refractivity contribution >= 4 is 46.8 Å². The number of hydrogen-bond donors (Lipinski definition) is 1. The van der Waals surface area contributed by atoms with Gasteiger partial charge in [0.05, 0.1) is 10.0 Å². The topological polar surface area (TPSA) is 49.4 Å². The van der Waals surface area contributed by atoms with E-state index in [-0.39, 0.29) is 24.4 Å². The third-order valence-electron chi connectivity index (χ3n) is 6.64. The molecule has 1 atom stereocenters. The monoisotopic (exact) mass is 554 g/mol. The maximum absolute atomic E-state index is 13.7. The fourth-order valence-electron chi connectivity index (χ4n) is 4.67. The summed E-state index contributed by atoms with van der Waals surface area (Å²) >= 11 is 14.1. The first-order valence-corrected chi connectivity index (χ1v) is 14.5. The van der Waals surface area contributed by atoms with E-state index in [4.69, 9.17) is 23.2 Å². The van der Waals surface area contributed by atoms with Gasteiger partial charge < -0.3 is 10.2 Å². The highest BCUT2D eigenvalue weighted by atomic mass is 35.5. The minimum Gasteiger partial charge on any atom is -0.352 e. The van der Waals surface area contributed by atoms with Crippen LogP contribution in [-0.2, 0) is 22.6 Å². The van der Waals surface area contributed by atoms with Gasteiger partial charge in [0.15, 0.2) is 0 Å². The molecule has 1 fully saturated rings. The predicted molar refractivity (Wildman–Crippen MR) is 153 cm³/mol. The Balaban J connectivity index is 1.58. The van der Waals surface area contributed by atoms with Gasteiger partial charge in [-0.25, -0.2) is 0 Å². The van der Waals surface area contributed by atoms with Crippen LogP contribution in [0, 0.1) is 0 Å². The Morgan fingerprint density at radius 2 is 1.57 bits per heavy atom. The molecule has 0 heterocycles. The number of benzene rings is 3. The predicted octanol–water partition coefficient (Wildman–Crippen LogP) is 7.17. The van der Waals surface area contributed by atoms with Crippen molar-refractivity contribution in [1.29, 1.82) is 0 Å². The van der Waals surface area contributed by atoms with Gasteiger partial charge >= 0.3 is 0 Å². The first-order valence-electron chi connectivity index (χ1n) is 12.7. The van der Waals surface area contributed by atoms with Gasteiger partial charge in [0.1, 0.15) is 6.04 Å². The quantitative estimate of drug-likeness (QED) is 0.255. The highest BCUT2D eigenvalue weighted by Crippen LogP contribution is 2.26. The summed E-state index contributed by atoms with van der Waals surface area (Å²) in [5.41, 5.74) is 1.85. The molecule has 1 N–H and O–H groups in total. The molecular weight excluding hydrogens is 523 g/mol. The molecule has 3 aromatic rings. The zero-order chi connectivity index (χ0) is 26.0. The first kappa shape index (κ1) is 27.6. The second-order valence-electron chi connectivity index (χ2n) is 9.38. The van der Waals surface area contributed by atoms with Crippen molar-refractivity contribution in [2.24, 2.45) is 0 Å². The number of thioether (sulfide) groups is 1. The van der Waals surface area contributed by atoms with E-state index in [1.165, 1.54) is 0 Å². The summed E-state index contributed by atoms with van der Waals surface area (Å²) in [4.78, 5) is 30.3. The van der Waals surface area contributed by atoms with Crippen LogP contribution in [0.25, 0.3) is 0 Å². The van der Waals surface area contributed by atoms with Crippen LogP contribution in [0.5, 0.6) is 0 Å². The van der Waals surface area contributed by atoms with Crippen LogP contribution in [0.1, 0.15) is 43.2 Å². The summed E-state index contributed by atoms with van der Waals surface area (Å²) in [6, 6.07) is 24.8. The number of nitrogens with one attached hydrogen (secondary N) is 1. The summed E-state index contributed by atoms with van der Waals surface area (Å²) in [7, 11) is 0. The van der Waals surface area contributed by atoms with Gasteiger partial charge in [0, 0.05) is 36.1 Å². The second kappa shape index (κ2) is 13.9. The lowest BCUT2D eigenvalue weighted by atomic mass is 10.0. The smallest absolute Gasteiger partial charge is 0.243 e. The molecule has 3 aromatic carbocycles. The maximum Gasteiger partial charge on any atom is 0.243 e. The standard InChI is InChI=1S/C30H32Cl2N2O2S/c31-26-16-15-23(19-27(26)32)21-34(29(35)17-18-37-25-13-5-2-6-14-25)28(20-22-9-3-1-4-10-22)30(36)33-24-11-7-8-12-24/h1-6,9-10,13-16,19,24,28H,7-8,11-12,17-18,20-21H2,(H,33,36)/t28-/m0/s1. The zero-order valence-electron chi connectivity index (χ0n) is 20.7. The van der Waals surface area contributed by atoms with Crippen molar-refractivity contribution in [2.45, 2.75) is 62.0 Å². The van der Waals surface area contributed by atoms with Crippen LogP contribution in [0.3, 0.4) is 0 Å². The van der Waals surface area contributed by atoms with E-state index in [0.717, 1.165) is 41.7 Å². The van der Waals surface area contributed by atoms with Crippen LogP contribution in [0.15, 0.2) is 83.8 Å². The van der Waals surface area contributed by atoms with Crippen LogP contribution < -0.4 is 5.32 Å². The molecule has 4 rings (SSSR count). The average molecular weight is 556 g/mol. The van der Waals surface area contributed by atoms with Crippen LogP contribution in [0.2, 0.25) is 10.0 Å². The summed E-state index contributed by atoms with van der Waals surface area (Å²) in [5.74, 6) is 0.472. The summed E-state index contributed by atoms with van der Waals surface area (Å²) in [6.45, 7) is 0.279. The molecule has 0 radical (unpaired) electrons. The van der Waals surface area contributed by atoms with Gasteiger partial charge in [-0.2, -0.15) is 0 Å². The Morgan fingerprint density at radius 1 is 0.892 bits per heavy atom. The van der Waals surface area contributed by atoms with E-state index >= 15 is 0 Å². The van der Waals surface area contributed by atoms with Crippen molar-refractivity contribution in [3.63, 3.8) is 0 Å². The molecule has 7 heteroatoms. The lowest BCUT2D eigenvalue weighted by molar-refractivity contribution is -0.141. The van der Waals surface area contributed by atoms with Crippen molar-refractivity contribution in [3.05, 3.63) is 100 Å². The normalized spacial score (nSPS) is 14.3. The van der Waals surface area contributed by atoms with Crippen LogP contribution in [0.4, 0.5) is 0 Å². The highest BCUT2D eigenvalue weighted by molar-refractivity contribution is 7.99. The molecule has 194 valence electrons. The Labute approximate surface area is 233 Å². The summed E-state index contributed by atoms with van der Waals surface area (Å²) in [6.07, 6.45) is 4.98. The van der Waals surface area contributed by atoms with E-state index in [0.29, 0.717) is 28.6 Å². The lowest BCUT2D eigenvalue weighted by Gasteiger charge is -2.32. The number of rotatable bonds is 11. The van der Waals surface area contributed by atoms with Gasteiger partial charge in [-0.15, -0.1) is 11.8 Å². The van der Waals surface area contributed by atoms with E-state index in [2.05, 4.69) is 5.32 Å². The van der Waals surface area contributed by atoms with Crippen LogP contribution in [-0.4, -0.2) is 34.6 Å². The van der Waals surface area contributed by atoms with E-state index < -0.39 is 6.04 Å². The van der Waals surface area contributed by atoms with Gasteiger partial charge in [-0.05, 0) is 48.2 Å². The third kappa shape index (κ3) is 8.26. The minimum atomic E-state index is -0.633. The number of halogens is 2. The Hall–Kier alpha value is -2.47. The second-order valence-corrected chi connectivity index (χ2v) is 11.4. The Kier molecular flexibility index (Phi) is 10.4. The molecule has 1 aliphatic rings. The summed E-state index contributed by atoms with van der Waals surface area (Å²) in [5, 5.41) is 4.13. The Bertz CT molecular complexity index is 1170. The molecule has 2 amide bonds. The molecule has 0 aliphatic heterocycles. The van der Waals surface area contributed by atoms with Gasteiger partial charge in [-0.3, -0.25) is 9.59 Å². The number of nitrogens with zero attached hydrogens (tertiary/aromatic N) is 1. The molecule has 0 spiro atoms. The number of amides is 2. The van der Waals surface area contributed by atoms with E-state index in [1.54, 1.807) is 28.8 Å². The van der Waals surface area contributed by atoms with Crippen molar-refractivity contribution in [3.8, 4) is 0 Å². The van der Waals surface area contributed by atoms with Crippen molar-refractivity contribution in [1.82, 2.24) is 10.2 Å². The summed E-state index contributed by atoms with van der Waals surface area (Å²) < 4.78 is 0. The fraction of sp³-hybridized carbons (Fsp3) is 0.333. The lowest BCUT2D eigenvalue weighted by Crippen LogP contribution is -2.52. The molecule has 4 nitrogen and oxygen atoms in total. The van der Waals surface area contributed by atoms with Crippen molar-refractivity contribution < 1.29 is 9.59 Å². The molecule has 37 heavy (non-hydrogen) atoms. The van der Waals surface area contributed by atoms with E-state index in [1.807, 2.05) is 66.7 Å². The fourth-order valence-corrected chi connectivity index (χ4v) is 5.86. The maximum atomic E-state index is 13.7. The first-order chi connectivity index (χ1) is 18.0. The molecule has 1 aliphatic carbocycles. The van der Waals surface area contributed by atoms with Crippen molar-refractivity contribution in [2.75, 3.05) is 5.75 Å². The molecule has 0 saturated heterocycles. The van der Waals surface area contributed by atoms with Gasteiger partial charge in [0.2, 0.25) is 11.8 Å². The van der Waals surface area contributed by atoms with Crippen LogP contribution >= 0.6 is 35.0 Å². The zero-order valence-corrected chi connectivity index (χ0v) is 23.1.